The number of carbonyl (C=O) groups is 1. The molecule has 100 valence electrons. The van der Waals surface area contributed by atoms with E-state index < -0.39 is 0 Å². The number of rotatable bonds is 7. The third kappa shape index (κ3) is 3.78. The van der Waals surface area contributed by atoms with Crippen LogP contribution in [-0.2, 0) is 11.3 Å². The molecule has 0 aliphatic carbocycles. The lowest BCUT2D eigenvalue weighted by molar-refractivity contribution is 0.103. The summed E-state index contributed by atoms with van der Waals surface area (Å²) < 4.78 is 7.41. The second kappa shape index (κ2) is 7.48. The van der Waals surface area contributed by atoms with Gasteiger partial charge >= 0.3 is 0 Å². The van der Waals surface area contributed by atoms with Crippen LogP contribution in [0.15, 0.2) is 22.3 Å². The van der Waals surface area contributed by atoms with E-state index in [9.17, 15) is 4.79 Å². The van der Waals surface area contributed by atoms with Gasteiger partial charge in [0.2, 0.25) is 5.78 Å². The molecule has 0 radical (unpaired) electrons. The first-order chi connectivity index (χ1) is 8.63. The van der Waals surface area contributed by atoms with Crippen molar-refractivity contribution in [1.29, 1.82) is 0 Å². The number of hydrogen-bond donors (Lipinski definition) is 0. The van der Waals surface area contributed by atoms with Crippen LogP contribution in [0, 0.1) is 0 Å². The lowest BCUT2D eigenvalue weighted by Gasteiger charge is -2.06. The Hall–Kier alpha value is -0.940. The van der Waals surface area contributed by atoms with Crippen molar-refractivity contribution >= 4 is 21.7 Å². The molecule has 0 spiro atoms. The first kappa shape index (κ1) is 15.1. The standard InChI is InChI=1S/C13H19BrN2O2/c1-4-10(5-2)8-12(17)13-11(14)9-15-16(13)6-7-18-3/h8-9H,4-7H2,1-3H3. The van der Waals surface area contributed by atoms with Crippen molar-refractivity contribution in [3.8, 4) is 0 Å². The van der Waals surface area contributed by atoms with Gasteiger partial charge in [0.25, 0.3) is 0 Å². The monoisotopic (exact) mass is 314 g/mol. The summed E-state index contributed by atoms with van der Waals surface area (Å²) >= 11 is 3.37. The van der Waals surface area contributed by atoms with Gasteiger partial charge in [-0.25, -0.2) is 0 Å². The van der Waals surface area contributed by atoms with Crippen molar-refractivity contribution in [3.05, 3.63) is 28.0 Å². The molecule has 4 nitrogen and oxygen atoms in total. The second-order valence-electron chi connectivity index (χ2n) is 3.93. The summed E-state index contributed by atoms with van der Waals surface area (Å²) in [6.45, 7) is 5.22. The van der Waals surface area contributed by atoms with E-state index in [4.69, 9.17) is 4.74 Å². The maximum absolute atomic E-state index is 12.2. The number of ketones is 1. The topological polar surface area (TPSA) is 44.1 Å². The van der Waals surface area contributed by atoms with Crippen molar-refractivity contribution in [2.75, 3.05) is 13.7 Å². The van der Waals surface area contributed by atoms with E-state index in [1.165, 1.54) is 0 Å². The van der Waals surface area contributed by atoms with Crippen LogP contribution in [0.5, 0.6) is 0 Å². The molecule has 0 fully saturated rings. The van der Waals surface area contributed by atoms with Gasteiger partial charge in [-0.05, 0) is 34.8 Å². The van der Waals surface area contributed by atoms with E-state index in [0.29, 0.717) is 18.8 Å². The summed E-state index contributed by atoms with van der Waals surface area (Å²) in [6, 6.07) is 0. The molecule has 1 heterocycles. The maximum atomic E-state index is 12.2. The van der Waals surface area contributed by atoms with Gasteiger partial charge in [0, 0.05) is 7.11 Å². The first-order valence-electron chi connectivity index (χ1n) is 6.08. The van der Waals surface area contributed by atoms with E-state index in [0.717, 1.165) is 22.9 Å². The van der Waals surface area contributed by atoms with Crippen LogP contribution in [0.1, 0.15) is 37.2 Å². The quantitative estimate of drug-likeness (QED) is 0.573. The number of aromatic nitrogens is 2. The molecule has 0 saturated heterocycles. The van der Waals surface area contributed by atoms with E-state index >= 15 is 0 Å². The number of nitrogens with zero attached hydrogens (tertiary/aromatic N) is 2. The summed E-state index contributed by atoms with van der Waals surface area (Å²) in [4.78, 5) is 12.2. The number of hydrogen-bond acceptors (Lipinski definition) is 3. The molecule has 5 heteroatoms. The molecule has 1 aromatic rings. The molecule has 1 rings (SSSR count). The fraction of sp³-hybridized carbons (Fsp3) is 0.538. The molecule has 0 saturated carbocycles. The molecule has 0 atom stereocenters. The van der Waals surface area contributed by atoms with Crippen molar-refractivity contribution < 1.29 is 9.53 Å². The minimum Gasteiger partial charge on any atom is -0.383 e. The van der Waals surface area contributed by atoms with E-state index in [1.807, 2.05) is 0 Å². The zero-order valence-corrected chi connectivity index (χ0v) is 12.7. The van der Waals surface area contributed by atoms with Crippen molar-refractivity contribution in [3.63, 3.8) is 0 Å². The molecule has 0 bridgehead atoms. The zero-order chi connectivity index (χ0) is 13.5. The molecule has 0 amide bonds. The van der Waals surface area contributed by atoms with Crippen LogP contribution >= 0.6 is 15.9 Å². The van der Waals surface area contributed by atoms with Gasteiger partial charge in [0.1, 0.15) is 5.69 Å². The Morgan fingerprint density at radius 2 is 2.17 bits per heavy atom. The largest absolute Gasteiger partial charge is 0.383 e. The molecule has 18 heavy (non-hydrogen) atoms. The molecule has 0 aliphatic rings. The predicted molar refractivity (Wildman–Crippen MR) is 74.8 cm³/mol. The summed E-state index contributed by atoms with van der Waals surface area (Å²) in [5.74, 6) is -0.00539. The Kier molecular flexibility index (Phi) is 6.29. The fourth-order valence-corrected chi connectivity index (χ4v) is 2.15. The molecule has 0 N–H and O–H groups in total. The molecule has 0 aromatic carbocycles. The van der Waals surface area contributed by atoms with E-state index in [-0.39, 0.29) is 5.78 Å². The molecular weight excluding hydrogens is 296 g/mol. The Labute approximate surface area is 116 Å². The molecule has 0 aliphatic heterocycles. The van der Waals surface area contributed by atoms with Gasteiger partial charge in [-0.3, -0.25) is 9.48 Å². The number of carbonyl (C=O) groups excluding carboxylic acids is 1. The smallest absolute Gasteiger partial charge is 0.204 e. The number of methoxy groups -OCH3 is 1. The van der Waals surface area contributed by atoms with E-state index in [1.54, 1.807) is 24.1 Å². The van der Waals surface area contributed by atoms with Crippen molar-refractivity contribution in [2.24, 2.45) is 0 Å². The van der Waals surface area contributed by atoms with Crippen LogP contribution in [0.3, 0.4) is 0 Å². The highest BCUT2D eigenvalue weighted by atomic mass is 79.9. The zero-order valence-electron chi connectivity index (χ0n) is 11.1. The number of halogens is 1. The normalized spacial score (nSPS) is 10.4. The Balaban J connectivity index is 2.97. The minimum absolute atomic E-state index is 0.00539. The molecule has 0 unspecified atom stereocenters. The highest BCUT2D eigenvalue weighted by Crippen LogP contribution is 2.18. The van der Waals surface area contributed by atoms with Gasteiger partial charge in [-0.1, -0.05) is 19.4 Å². The highest BCUT2D eigenvalue weighted by molar-refractivity contribution is 9.10. The van der Waals surface area contributed by atoms with Crippen molar-refractivity contribution in [2.45, 2.75) is 33.2 Å². The van der Waals surface area contributed by atoms with Crippen LogP contribution in [-0.4, -0.2) is 29.3 Å². The summed E-state index contributed by atoms with van der Waals surface area (Å²) in [7, 11) is 1.63. The van der Waals surface area contributed by atoms with Gasteiger partial charge < -0.3 is 4.74 Å². The summed E-state index contributed by atoms with van der Waals surface area (Å²) in [5.41, 5.74) is 1.73. The van der Waals surface area contributed by atoms with Crippen LogP contribution < -0.4 is 0 Å². The van der Waals surface area contributed by atoms with Gasteiger partial charge in [-0.2, -0.15) is 5.10 Å². The van der Waals surface area contributed by atoms with Crippen LogP contribution in [0.25, 0.3) is 0 Å². The van der Waals surface area contributed by atoms with Crippen LogP contribution in [0.4, 0.5) is 0 Å². The van der Waals surface area contributed by atoms with Crippen LogP contribution in [0.2, 0.25) is 0 Å². The minimum atomic E-state index is -0.00539. The van der Waals surface area contributed by atoms with Crippen molar-refractivity contribution in [1.82, 2.24) is 9.78 Å². The number of allylic oxidation sites excluding steroid dienone is 2. The Morgan fingerprint density at radius 1 is 1.50 bits per heavy atom. The second-order valence-corrected chi connectivity index (χ2v) is 4.79. The number of ether oxygens (including phenoxy) is 1. The summed E-state index contributed by atoms with van der Waals surface area (Å²) in [6.07, 6.45) is 5.15. The van der Waals surface area contributed by atoms with E-state index in [2.05, 4.69) is 34.9 Å². The molecular formula is C13H19BrN2O2. The average Bonchev–Trinajstić information content (AvgIpc) is 2.74. The Bertz CT molecular complexity index is 432. The van der Waals surface area contributed by atoms with Gasteiger partial charge in [-0.15, -0.1) is 0 Å². The average molecular weight is 315 g/mol. The first-order valence-corrected chi connectivity index (χ1v) is 6.87. The third-order valence-electron chi connectivity index (χ3n) is 2.78. The lowest BCUT2D eigenvalue weighted by Crippen LogP contribution is -2.13. The lowest BCUT2D eigenvalue weighted by atomic mass is 10.1. The Morgan fingerprint density at radius 3 is 2.72 bits per heavy atom. The predicted octanol–water partition coefficient (Wildman–Crippen LogP) is 3.22. The van der Waals surface area contributed by atoms with Gasteiger partial charge in [0.05, 0.1) is 23.8 Å². The summed E-state index contributed by atoms with van der Waals surface area (Å²) in [5, 5.41) is 4.17. The third-order valence-corrected chi connectivity index (χ3v) is 3.36. The molecule has 1 aromatic heterocycles. The SMILES string of the molecule is CCC(=CC(=O)c1c(Br)cnn1CCOC)CC. The fourth-order valence-electron chi connectivity index (χ4n) is 1.66. The maximum Gasteiger partial charge on any atom is 0.204 e. The highest BCUT2D eigenvalue weighted by Gasteiger charge is 2.15. The van der Waals surface area contributed by atoms with Gasteiger partial charge in [0.15, 0.2) is 0 Å².